The van der Waals surface area contributed by atoms with Gasteiger partial charge in [-0.2, -0.15) is 0 Å². The van der Waals surface area contributed by atoms with Gasteiger partial charge < -0.3 is 4.90 Å². The van der Waals surface area contributed by atoms with E-state index in [2.05, 4.69) is 46.4 Å². The summed E-state index contributed by atoms with van der Waals surface area (Å²) in [6.45, 7) is 17.9. The summed E-state index contributed by atoms with van der Waals surface area (Å²) in [6, 6.07) is 0. The van der Waals surface area contributed by atoms with Crippen LogP contribution in [0.1, 0.15) is 60.8 Å². The molecule has 1 nitrogen and oxygen atoms in total. The average molecular weight is 227 g/mol. The van der Waals surface area contributed by atoms with E-state index in [0.717, 1.165) is 17.8 Å². The topological polar surface area (TPSA) is 3.24 Å². The Balaban J connectivity index is 4.15. The Bertz CT molecular complexity index is 127. The molecule has 98 valence electrons. The molecule has 16 heavy (non-hydrogen) atoms. The van der Waals surface area contributed by atoms with Crippen LogP contribution in [0.3, 0.4) is 0 Å². The van der Waals surface area contributed by atoms with Gasteiger partial charge in [0.2, 0.25) is 0 Å². The minimum absolute atomic E-state index is 0.841. The van der Waals surface area contributed by atoms with Gasteiger partial charge in [0.25, 0.3) is 0 Å². The third-order valence-electron chi connectivity index (χ3n) is 3.80. The van der Waals surface area contributed by atoms with Crippen LogP contribution in [0.2, 0.25) is 0 Å². The largest absolute Gasteiger partial charge is 0.303 e. The first-order chi connectivity index (χ1) is 7.53. The lowest BCUT2D eigenvalue weighted by Gasteiger charge is -2.30. The Kier molecular flexibility index (Phi) is 9.02. The van der Waals surface area contributed by atoms with Crippen LogP contribution in [0.25, 0.3) is 0 Å². The summed E-state index contributed by atoms with van der Waals surface area (Å²) in [4.78, 5) is 2.69. The predicted molar refractivity (Wildman–Crippen MR) is 74.8 cm³/mol. The molecule has 0 heterocycles. The summed E-state index contributed by atoms with van der Waals surface area (Å²) in [5, 5.41) is 0. The molecule has 3 atom stereocenters. The van der Waals surface area contributed by atoms with Crippen LogP contribution in [0, 0.1) is 17.8 Å². The number of hydrogen-bond acceptors (Lipinski definition) is 1. The zero-order chi connectivity index (χ0) is 12.6. The molecule has 0 N–H and O–H groups in total. The highest BCUT2D eigenvalue weighted by atomic mass is 15.1. The van der Waals surface area contributed by atoms with Gasteiger partial charge in [-0.25, -0.2) is 0 Å². The fraction of sp³-hybridized carbons (Fsp3) is 1.00. The molecule has 0 amide bonds. The first kappa shape index (κ1) is 16.0. The minimum Gasteiger partial charge on any atom is -0.303 e. The van der Waals surface area contributed by atoms with Gasteiger partial charge in [-0.1, -0.05) is 60.8 Å². The van der Waals surface area contributed by atoms with Gasteiger partial charge in [-0.15, -0.1) is 0 Å². The quantitative estimate of drug-likeness (QED) is 0.563. The zero-order valence-corrected chi connectivity index (χ0v) is 12.4. The smallest absolute Gasteiger partial charge is 0.000714 e. The molecule has 0 spiro atoms. The maximum Gasteiger partial charge on any atom is 0.000714 e. The van der Waals surface area contributed by atoms with Crippen LogP contribution < -0.4 is 0 Å². The SMILES string of the molecule is CCC(C)CN(CC(C)CC)CC(C)CC. The van der Waals surface area contributed by atoms with E-state index in [-0.39, 0.29) is 0 Å². The lowest BCUT2D eigenvalue weighted by Crippen LogP contribution is -2.35. The molecule has 0 aromatic rings. The van der Waals surface area contributed by atoms with Gasteiger partial charge in [0.05, 0.1) is 0 Å². The Morgan fingerprint density at radius 3 is 1.06 bits per heavy atom. The second kappa shape index (κ2) is 9.04. The molecule has 0 bridgehead atoms. The van der Waals surface area contributed by atoms with Gasteiger partial charge in [-0.3, -0.25) is 0 Å². The Morgan fingerprint density at radius 2 is 0.875 bits per heavy atom. The van der Waals surface area contributed by atoms with E-state index < -0.39 is 0 Å². The maximum atomic E-state index is 2.69. The van der Waals surface area contributed by atoms with Crippen molar-refractivity contribution in [3.8, 4) is 0 Å². The second-order valence-corrected chi connectivity index (χ2v) is 5.76. The third-order valence-corrected chi connectivity index (χ3v) is 3.80. The second-order valence-electron chi connectivity index (χ2n) is 5.76. The molecule has 3 unspecified atom stereocenters. The Hall–Kier alpha value is -0.0400. The van der Waals surface area contributed by atoms with Crippen molar-refractivity contribution in [1.82, 2.24) is 4.90 Å². The minimum atomic E-state index is 0.841. The van der Waals surface area contributed by atoms with Crippen molar-refractivity contribution >= 4 is 0 Å². The average Bonchev–Trinajstić information content (AvgIpc) is 2.28. The number of hydrogen-bond donors (Lipinski definition) is 0. The van der Waals surface area contributed by atoms with E-state index in [0.29, 0.717) is 0 Å². The molecule has 0 aliphatic carbocycles. The molecular formula is C15H33N. The third kappa shape index (κ3) is 7.27. The molecule has 0 saturated heterocycles. The van der Waals surface area contributed by atoms with Crippen LogP contribution in [0.15, 0.2) is 0 Å². The predicted octanol–water partition coefficient (Wildman–Crippen LogP) is 4.43. The zero-order valence-electron chi connectivity index (χ0n) is 12.4. The molecule has 0 aromatic carbocycles. The molecule has 1 heteroatoms. The Labute approximate surface area is 104 Å². The molecule has 0 radical (unpaired) electrons. The molecular weight excluding hydrogens is 194 g/mol. The van der Waals surface area contributed by atoms with Crippen molar-refractivity contribution in [3.05, 3.63) is 0 Å². The number of nitrogens with zero attached hydrogens (tertiary/aromatic N) is 1. The lowest BCUT2D eigenvalue weighted by molar-refractivity contribution is 0.179. The first-order valence-electron chi connectivity index (χ1n) is 7.25. The van der Waals surface area contributed by atoms with Crippen LogP contribution in [-0.4, -0.2) is 24.5 Å². The van der Waals surface area contributed by atoms with Crippen LogP contribution in [0.5, 0.6) is 0 Å². The molecule has 0 aliphatic heterocycles. The molecule has 0 aromatic heterocycles. The number of rotatable bonds is 9. The van der Waals surface area contributed by atoms with Crippen molar-refractivity contribution in [2.45, 2.75) is 60.8 Å². The fourth-order valence-corrected chi connectivity index (χ4v) is 1.93. The van der Waals surface area contributed by atoms with Crippen LogP contribution in [0.4, 0.5) is 0 Å². The van der Waals surface area contributed by atoms with Gasteiger partial charge >= 0.3 is 0 Å². The molecule has 0 saturated carbocycles. The van der Waals surface area contributed by atoms with Crippen molar-refractivity contribution < 1.29 is 0 Å². The highest BCUT2D eigenvalue weighted by Gasteiger charge is 2.14. The van der Waals surface area contributed by atoms with Gasteiger partial charge in [0.15, 0.2) is 0 Å². The summed E-state index contributed by atoms with van der Waals surface area (Å²) >= 11 is 0. The highest BCUT2D eigenvalue weighted by Crippen LogP contribution is 2.12. The Morgan fingerprint density at radius 1 is 0.625 bits per heavy atom. The van der Waals surface area contributed by atoms with E-state index in [1.807, 2.05) is 0 Å². The summed E-state index contributed by atoms with van der Waals surface area (Å²) < 4.78 is 0. The summed E-state index contributed by atoms with van der Waals surface area (Å²) in [6.07, 6.45) is 3.91. The van der Waals surface area contributed by atoms with E-state index in [4.69, 9.17) is 0 Å². The molecule has 0 rings (SSSR count). The van der Waals surface area contributed by atoms with Crippen molar-refractivity contribution in [1.29, 1.82) is 0 Å². The first-order valence-corrected chi connectivity index (χ1v) is 7.25. The van der Waals surface area contributed by atoms with Gasteiger partial charge in [0.1, 0.15) is 0 Å². The molecule has 0 fully saturated rings. The van der Waals surface area contributed by atoms with E-state index in [9.17, 15) is 0 Å². The summed E-state index contributed by atoms with van der Waals surface area (Å²) in [7, 11) is 0. The van der Waals surface area contributed by atoms with Gasteiger partial charge in [0, 0.05) is 19.6 Å². The molecule has 0 aliphatic rings. The van der Waals surface area contributed by atoms with Gasteiger partial charge in [-0.05, 0) is 17.8 Å². The maximum absolute atomic E-state index is 2.69. The monoisotopic (exact) mass is 227 g/mol. The van der Waals surface area contributed by atoms with Crippen LogP contribution >= 0.6 is 0 Å². The summed E-state index contributed by atoms with van der Waals surface area (Å²) in [5.41, 5.74) is 0. The fourth-order valence-electron chi connectivity index (χ4n) is 1.93. The van der Waals surface area contributed by atoms with E-state index in [1.165, 1.54) is 38.9 Å². The van der Waals surface area contributed by atoms with Crippen molar-refractivity contribution in [2.24, 2.45) is 17.8 Å². The van der Waals surface area contributed by atoms with E-state index >= 15 is 0 Å². The van der Waals surface area contributed by atoms with Crippen molar-refractivity contribution in [3.63, 3.8) is 0 Å². The normalized spacial score (nSPS) is 17.4. The lowest BCUT2D eigenvalue weighted by atomic mass is 10.0. The highest BCUT2D eigenvalue weighted by molar-refractivity contribution is 4.67. The van der Waals surface area contributed by atoms with Crippen molar-refractivity contribution in [2.75, 3.05) is 19.6 Å². The van der Waals surface area contributed by atoms with Crippen LogP contribution in [-0.2, 0) is 0 Å². The summed E-state index contributed by atoms with van der Waals surface area (Å²) in [5.74, 6) is 2.52. The standard InChI is InChI=1S/C15H33N/c1-7-13(4)10-16(11-14(5)8-2)12-15(6)9-3/h13-15H,7-12H2,1-6H3. The van der Waals surface area contributed by atoms with E-state index in [1.54, 1.807) is 0 Å².